The molecule has 0 saturated heterocycles. The number of hydrogen-bond donors (Lipinski definition) is 0. The lowest BCUT2D eigenvalue weighted by atomic mass is 10.4. The predicted molar refractivity (Wildman–Crippen MR) is 80.9 cm³/mol. The van der Waals surface area contributed by atoms with E-state index in [0.717, 1.165) is 10.5 Å². The van der Waals surface area contributed by atoms with Crippen molar-refractivity contribution in [2.45, 2.75) is 24.3 Å². The van der Waals surface area contributed by atoms with Gasteiger partial charge in [-0.3, -0.25) is 0 Å². The summed E-state index contributed by atoms with van der Waals surface area (Å²) in [4.78, 5) is 4.86. The van der Waals surface area contributed by atoms with E-state index in [1.807, 2.05) is 23.5 Å². The van der Waals surface area contributed by atoms with E-state index in [-0.39, 0.29) is 0 Å². The minimum Gasteiger partial charge on any atom is -0.304 e. The third-order valence-corrected chi connectivity index (χ3v) is 4.71. The molecule has 0 saturated carbocycles. The molecule has 0 aliphatic carbocycles. The van der Waals surface area contributed by atoms with Gasteiger partial charge in [0.15, 0.2) is 0 Å². The first-order valence-corrected chi connectivity index (χ1v) is 8.49. The van der Waals surface area contributed by atoms with Crippen molar-refractivity contribution in [3.8, 4) is 0 Å². The van der Waals surface area contributed by atoms with Crippen molar-refractivity contribution in [1.29, 1.82) is 0 Å². The van der Waals surface area contributed by atoms with Crippen LogP contribution in [0.3, 0.4) is 0 Å². The fourth-order valence-electron chi connectivity index (χ4n) is 1.55. The summed E-state index contributed by atoms with van der Waals surface area (Å²) in [5, 5.41) is 1.47. The molecule has 0 aromatic rings. The Kier molecular flexibility index (Phi) is 10.0. The Morgan fingerprint density at radius 3 is 1.38 bits per heavy atom. The van der Waals surface area contributed by atoms with Crippen LogP contribution in [0.2, 0.25) is 0 Å². The van der Waals surface area contributed by atoms with Crippen molar-refractivity contribution in [1.82, 2.24) is 9.80 Å². The topological polar surface area (TPSA) is 6.48 Å². The lowest BCUT2D eigenvalue weighted by Crippen LogP contribution is -2.36. The van der Waals surface area contributed by atoms with E-state index in [1.165, 1.54) is 26.2 Å². The first-order valence-electron chi connectivity index (χ1n) is 5.92. The van der Waals surface area contributed by atoms with Crippen molar-refractivity contribution in [2.24, 2.45) is 0 Å². The summed E-state index contributed by atoms with van der Waals surface area (Å²) in [6.07, 6.45) is 4.37. The minimum atomic E-state index is 0.737. The van der Waals surface area contributed by atoms with Gasteiger partial charge in [0.25, 0.3) is 0 Å². The van der Waals surface area contributed by atoms with E-state index < -0.39 is 0 Å². The number of rotatable bonds is 9. The Balaban J connectivity index is 3.62. The third-order valence-electron chi connectivity index (χ3n) is 2.81. The number of hydrogen-bond acceptors (Lipinski definition) is 4. The molecule has 0 radical (unpaired) electrons. The first kappa shape index (κ1) is 16.6. The zero-order valence-corrected chi connectivity index (χ0v) is 13.3. The average molecular weight is 265 g/mol. The van der Waals surface area contributed by atoms with Crippen molar-refractivity contribution < 1.29 is 0 Å². The molecule has 0 N–H and O–H groups in total. The summed E-state index contributed by atoms with van der Waals surface area (Å²) < 4.78 is 0. The van der Waals surface area contributed by atoms with Gasteiger partial charge < -0.3 is 9.80 Å². The zero-order valence-electron chi connectivity index (χ0n) is 11.7. The van der Waals surface area contributed by atoms with Crippen molar-refractivity contribution in [3.05, 3.63) is 0 Å². The molecule has 0 amide bonds. The van der Waals surface area contributed by atoms with Crippen LogP contribution in [-0.2, 0) is 0 Å². The highest BCUT2D eigenvalue weighted by Crippen LogP contribution is 2.07. The smallest absolute Gasteiger partial charge is 0.0143 e. The number of thioether (sulfide) groups is 2. The average Bonchev–Trinajstić information content (AvgIpc) is 2.26. The Bertz CT molecular complexity index is 149. The largest absolute Gasteiger partial charge is 0.304 e. The van der Waals surface area contributed by atoms with Crippen LogP contribution in [0, 0.1) is 0 Å². The van der Waals surface area contributed by atoms with Gasteiger partial charge in [0.1, 0.15) is 0 Å². The van der Waals surface area contributed by atoms with Crippen molar-refractivity contribution >= 4 is 23.5 Å². The van der Waals surface area contributed by atoms with Crippen LogP contribution >= 0.6 is 23.5 Å². The molecule has 2 unspecified atom stereocenters. The summed E-state index contributed by atoms with van der Waals surface area (Å²) in [7, 11) is 4.44. The van der Waals surface area contributed by atoms with Crippen LogP contribution in [0.5, 0.6) is 0 Å². The molecular weight excluding hydrogens is 236 g/mol. The number of likely N-dealkylation sites (N-methyl/N-ethyl adjacent to an activating group) is 2. The summed E-state index contributed by atoms with van der Waals surface area (Å²) in [6.45, 7) is 9.30. The van der Waals surface area contributed by atoms with Gasteiger partial charge in [-0.25, -0.2) is 0 Å². The van der Waals surface area contributed by atoms with Crippen molar-refractivity contribution in [3.63, 3.8) is 0 Å². The maximum atomic E-state index is 2.43. The molecule has 0 aliphatic rings. The Morgan fingerprint density at radius 1 is 0.812 bits per heavy atom. The molecule has 0 bridgehead atoms. The molecule has 4 heteroatoms. The van der Waals surface area contributed by atoms with Crippen LogP contribution in [0.1, 0.15) is 13.8 Å². The maximum absolute atomic E-state index is 2.43. The van der Waals surface area contributed by atoms with E-state index in [1.54, 1.807) is 0 Å². The first-order chi connectivity index (χ1) is 7.49. The zero-order chi connectivity index (χ0) is 12.6. The number of nitrogens with zero attached hydrogens (tertiary/aromatic N) is 2. The summed E-state index contributed by atoms with van der Waals surface area (Å²) in [5.41, 5.74) is 0. The monoisotopic (exact) mass is 264 g/mol. The van der Waals surface area contributed by atoms with Crippen molar-refractivity contribution in [2.75, 3.05) is 52.8 Å². The summed E-state index contributed by atoms with van der Waals surface area (Å²) in [5.74, 6) is 0. The molecule has 0 heterocycles. The Labute approximate surface area is 111 Å². The van der Waals surface area contributed by atoms with Gasteiger partial charge in [-0.1, -0.05) is 13.8 Å². The van der Waals surface area contributed by atoms with Crippen LogP contribution in [0.4, 0.5) is 0 Å². The molecule has 0 rings (SSSR count). The van der Waals surface area contributed by atoms with Gasteiger partial charge in [-0.2, -0.15) is 23.5 Å². The predicted octanol–water partition coefficient (Wildman–Crippen LogP) is 2.35. The second-order valence-corrected chi connectivity index (χ2v) is 7.17. The molecule has 16 heavy (non-hydrogen) atoms. The minimum absolute atomic E-state index is 0.737. The van der Waals surface area contributed by atoms with Gasteiger partial charge in [-0.05, 0) is 26.6 Å². The van der Waals surface area contributed by atoms with E-state index in [9.17, 15) is 0 Å². The normalized spacial score (nSPS) is 15.8. The fourth-order valence-corrected chi connectivity index (χ4v) is 2.36. The second kappa shape index (κ2) is 9.63. The molecule has 0 aromatic heterocycles. The van der Waals surface area contributed by atoms with Crippen LogP contribution in [0.25, 0.3) is 0 Å². The molecule has 2 atom stereocenters. The van der Waals surface area contributed by atoms with E-state index in [0.29, 0.717) is 0 Å². The fraction of sp³-hybridized carbons (Fsp3) is 1.00. The lowest BCUT2D eigenvalue weighted by molar-refractivity contribution is 0.260. The molecule has 2 nitrogen and oxygen atoms in total. The van der Waals surface area contributed by atoms with Gasteiger partial charge in [0, 0.05) is 36.7 Å². The molecule has 98 valence electrons. The maximum Gasteiger partial charge on any atom is 0.0143 e. The van der Waals surface area contributed by atoms with E-state index >= 15 is 0 Å². The van der Waals surface area contributed by atoms with Gasteiger partial charge in [0.05, 0.1) is 0 Å². The SMILES string of the molecule is CSC(C)CN(C)CCN(C)CC(C)SC. The van der Waals surface area contributed by atoms with Gasteiger partial charge in [0.2, 0.25) is 0 Å². The van der Waals surface area contributed by atoms with Gasteiger partial charge >= 0.3 is 0 Å². The summed E-state index contributed by atoms with van der Waals surface area (Å²) >= 11 is 3.89. The van der Waals surface area contributed by atoms with E-state index in [2.05, 4.69) is 50.3 Å². The molecular formula is C12H28N2S2. The van der Waals surface area contributed by atoms with Gasteiger partial charge in [-0.15, -0.1) is 0 Å². The quantitative estimate of drug-likeness (QED) is 0.630. The lowest BCUT2D eigenvalue weighted by Gasteiger charge is -2.25. The standard InChI is InChI=1S/C12H28N2S2/c1-11(15-5)9-13(3)7-8-14(4)10-12(2)16-6/h11-12H,7-10H2,1-6H3. The third kappa shape index (κ3) is 8.74. The van der Waals surface area contributed by atoms with Crippen LogP contribution < -0.4 is 0 Å². The highest BCUT2D eigenvalue weighted by Gasteiger charge is 2.08. The van der Waals surface area contributed by atoms with E-state index in [4.69, 9.17) is 0 Å². The Morgan fingerprint density at radius 2 is 1.12 bits per heavy atom. The molecule has 0 aliphatic heterocycles. The second-order valence-electron chi connectivity index (χ2n) is 4.62. The highest BCUT2D eigenvalue weighted by molar-refractivity contribution is 7.99. The van der Waals surface area contributed by atoms with Crippen LogP contribution in [-0.4, -0.2) is 73.1 Å². The Hall–Kier alpha value is 0.620. The molecule has 0 aromatic carbocycles. The van der Waals surface area contributed by atoms with Crippen LogP contribution in [0.15, 0.2) is 0 Å². The highest BCUT2D eigenvalue weighted by atomic mass is 32.2. The molecule has 0 fully saturated rings. The molecule has 0 spiro atoms. The summed E-state index contributed by atoms with van der Waals surface area (Å²) in [6, 6.07) is 0.